The molecule has 0 bridgehead atoms. The highest BCUT2D eigenvalue weighted by Crippen LogP contribution is 2.29. The van der Waals surface area contributed by atoms with Crippen LogP contribution in [0.3, 0.4) is 0 Å². The van der Waals surface area contributed by atoms with Crippen LogP contribution < -0.4 is 5.32 Å². The van der Waals surface area contributed by atoms with Gasteiger partial charge in [0.15, 0.2) is 5.65 Å². The molecule has 1 N–H and O–H groups in total. The summed E-state index contributed by atoms with van der Waals surface area (Å²) >= 11 is 0. The van der Waals surface area contributed by atoms with Gasteiger partial charge >= 0.3 is 0 Å². The minimum atomic E-state index is -0.268. The maximum atomic E-state index is 13.3. The summed E-state index contributed by atoms with van der Waals surface area (Å²) in [7, 11) is 0. The first-order valence-electron chi connectivity index (χ1n) is 9.18. The molecule has 142 valence electrons. The van der Waals surface area contributed by atoms with Crippen molar-refractivity contribution in [3.05, 3.63) is 52.7 Å². The molecule has 1 aromatic carbocycles. The van der Waals surface area contributed by atoms with E-state index in [0.29, 0.717) is 12.8 Å². The number of benzene rings is 1. The van der Waals surface area contributed by atoms with E-state index in [1.54, 1.807) is 12.1 Å². The average molecular weight is 368 g/mol. The first-order chi connectivity index (χ1) is 12.8. The molecule has 0 aliphatic rings. The van der Waals surface area contributed by atoms with Gasteiger partial charge in [0.1, 0.15) is 5.82 Å². The van der Waals surface area contributed by atoms with Crippen LogP contribution in [0.2, 0.25) is 0 Å². The van der Waals surface area contributed by atoms with Crippen LogP contribution in [0.15, 0.2) is 24.3 Å². The van der Waals surface area contributed by atoms with Crippen LogP contribution in [0, 0.1) is 26.6 Å². The van der Waals surface area contributed by atoms with Crippen molar-refractivity contribution in [3.8, 4) is 11.1 Å². The van der Waals surface area contributed by atoms with Crippen molar-refractivity contribution in [2.45, 2.75) is 53.5 Å². The minimum Gasteiger partial charge on any atom is -0.354 e. The van der Waals surface area contributed by atoms with Crippen LogP contribution in [0.1, 0.15) is 42.9 Å². The first kappa shape index (κ1) is 19.0. The summed E-state index contributed by atoms with van der Waals surface area (Å²) in [6, 6.07) is 6.51. The fourth-order valence-electron chi connectivity index (χ4n) is 3.42. The Morgan fingerprint density at radius 3 is 2.44 bits per heavy atom. The Morgan fingerprint density at radius 1 is 1.15 bits per heavy atom. The van der Waals surface area contributed by atoms with Crippen LogP contribution in [0.4, 0.5) is 4.39 Å². The second-order valence-electron chi connectivity index (χ2n) is 7.19. The van der Waals surface area contributed by atoms with Gasteiger partial charge in [-0.1, -0.05) is 12.1 Å². The molecule has 0 aliphatic carbocycles. The molecule has 1 amide bonds. The van der Waals surface area contributed by atoms with Gasteiger partial charge in [-0.05, 0) is 64.3 Å². The predicted molar refractivity (Wildman–Crippen MR) is 104 cm³/mol. The highest BCUT2D eigenvalue weighted by atomic mass is 19.1. The molecule has 0 unspecified atom stereocenters. The number of carbonyl (C=O) groups excluding carboxylic acids is 1. The first-order valence-corrected chi connectivity index (χ1v) is 9.18. The third kappa shape index (κ3) is 3.84. The third-order valence-electron chi connectivity index (χ3n) is 4.69. The summed E-state index contributed by atoms with van der Waals surface area (Å²) in [4.78, 5) is 16.8. The zero-order valence-electron chi connectivity index (χ0n) is 16.4. The summed E-state index contributed by atoms with van der Waals surface area (Å²) in [5, 5.41) is 7.56. The third-order valence-corrected chi connectivity index (χ3v) is 4.69. The van der Waals surface area contributed by atoms with Gasteiger partial charge in [-0.3, -0.25) is 4.79 Å². The molecule has 3 rings (SSSR count). The lowest BCUT2D eigenvalue weighted by atomic mass is 10.0. The Morgan fingerprint density at radius 2 is 1.81 bits per heavy atom. The summed E-state index contributed by atoms with van der Waals surface area (Å²) in [5.74, 6) is -0.234. The molecule has 2 heterocycles. The summed E-state index contributed by atoms with van der Waals surface area (Å²) in [5.41, 5.74) is 6.29. The van der Waals surface area contributed by atoms with E-state index >= 15 is 0 Å². The number of hydrogen-bond donors (Lipinski definition) is 1. The molecule has 6 heteroatoms. The van der Waals surface area contributed by atoms with E-state index in [9.17, 15) is 9.18 Å². The average Bonchev–Trinajstić information content (AvgIpc) is 2.91. The largest absolute Gasteiger partial charge is 0.354 e. The minimum absolute atomic E-state index is 0.0348. The maximum absolute atomic E-state index is 13.3. The van der Waals surface area contributed by atoms with Crippen molar-refractivity contribution in [1.29, 1.82) is 0 Å². The quantitative estimate of drug-likeness (QED) is 0.743. The molecular weight excluding hydrogens is 343 g/mol. The fourth-order valence-corrected chi connectivity index (χ4v) is 3.42. The number of aryl methyl sites for hydroxylation is 3. The van der Waals surface area contributed by atoms with Crippen LogP contribution >= 0.6 is 0 Å². The molecule has 27 heavy (non-hydrogen) atoms. The molecule has 3 aromatic rings. The highest BCUT2D eigenvalue weighted by Gasteiger charge is 2.18. The number of nitrogens with zero attached hydrogens (tertiary/aromatic N) is 3. The van der Waals surface area contributed by atoms with E-state index in [-0.39, 0.29) is 17.8 Å². The van der Waals surface area contributed by atoms with E-state index in [1.807, 2.05) is 39.1 Å². The Hall–Kier alpha value is -2.76. The van der Waals surface area contributed by atoms with Gasteiger partial charge in [-0.15, -0.1) is 0 Å². The van der Waals surface area contributed by atoms with Crippen LogP contribution in [0.25, 0.3) is 16.8 Å². The highest BCUT2D eigenvalue weighted by molar-refractivity contribution is 5.80. The van der Waals surface area contributed by atoms with E-state index in [4.69, 9.17) is 4.98 Å². The maximum Gasteiger partial charge on any atom is 0.220 e. The van der Waals surface area contributed by atoms with E-state index < -0.39 is 0 Å². The van der Waals surface area contributed by atoms with Crippen molar-refractivity contribution >= 4 is 11.6 Å². The van der Waals surface area contributed by atoms with Crippen LogP contribution in [0.5, 0.6) is 0 Å². The molecule has 2 aromatic heterocycles. The van der Waals surface area contributed by atoms with Gasteiger partial charge in [0.2, 0.25) is 5.91 Å². The number of aromatic nitrogens is 3. The van der Waals surface area contributed by atoms with Crippen molar-refractivity contribution < 1.29 is 9.18 Å². The molecule has 0 aliphatic heterocycles. The molecule has 0 atom stereocenters. The van der Waals surface area contributed by atoms with Gasteiger partial charge in [0.05, 0.1) is 5.69 Å². The summed E-state index contributed by atoms with van der Waals surface area (Å²) in [6.07, 6.45) is 1.03. The topological polar surface area (TPSA) is 59.3 Å². The molecule has 0 saturated heterocycles. The van der Waals surface area contributed by atoms with Crippen LogP contribution in [-0.4, -0.2) is 26.5 Å². The Bertz CT molecular complexity index is 990. The number of halogens is 1. The lowest BCUT2D eigenvalue weighted by Crippen LogP contribution is -2.30. The van der Waals surface area contributed by atoms with E-state index in [2.05, 4.69) is 10.4 Å². The molecule has 0 radical (unpaired) electrons. The molecule has 0 saturated carbocycles. The summed E-state index contributed by atoms with van der Waals surface area (Å²) in [6.45, 7) is 9.78. The van der Waals surface area contributed by atoms with Gasteiger partial charge in [-0.2, -0.15) is 5.10 Å². The van der Waals surface area contributed by atoms with Gasteiger partial charge in [0.25, 0.3) is 0 Å². The van der Waals surface area contributed by atoms with Gasteiger partial charge < -0.3 is 5.32 Å². The second-order valence-corrected chi connectivity index (χ2v) is 7.19. The molecular formula is C21H25FN4O. The standard InChI is InChI=1S/C21H25FN4O/c1-12(2)23-19(27)11-10-18-13(3)24-21-20(14(4)25-26(21)15(18)5)16-6-8-17(22)9-7-16/h6-9,12H,10-11H2,1-5H3,(H,23,27). The zero-order chi connectivity index (χ0) is 19.7. The lowest BCUT2D eigenvalue weighted by Gasteiger charge is -2.12. The number of carbonyl (C=O) groups is 1. The summed E-state index contributed by atoms with van der Waals surface area (Å²) < 4.78 is 15.1. The number of nitrogens with one attached hydrogen (secondary N) is 1. The zero-order valence-corrected chi connectivity index (χ0v) is 16.4. The number of amides is 1. The SMILES string of the molecule is Cc1nc2c(-c3ccc(F)cc3)c(C)nn2c(C)c1CCC(=O)NC(C)C. The van der Waals surface area contributed by atoms with E-state index in [0.717, 1.165) is 39.4 Å². The number of fused-ring (bicyclic) bond motifs is 1. The van der Waals surface area contributed by atoms with E-state index in [1.165, 1.54) is 12.1 Å². The smallest absolute Gasteiger partial charge is 0.220 e. The normalized spacial score (nSPS) is 11.4. The molecule has 0 spiro atoms. The second kappa shape index (κ2) is 7.47. The molecule has 5 nitrogen and oxygen atoms in total. The number of rotatable bonds is 5. The van der Waals surface area contributed by atoms with Crippen molar-refractivity contribution in [2.75, 3.05) is 0 Å². The van der Waals surface area contributed by atoms with Crippen LogP contribution in [-0.2, 0) is 11.2 Å². The van der Waals surface area contributed by atoms with Crippen molar-refractivity contribution in [1.82, 2.24) is 19.9 Å². The Labute approximate surface area is 158 Å². The van der Waals surface area contributed by atoms with Gasteiger partial charge in [-0.25, -0.2) is 13.9 Å². The lowest BCUT2D eigenvalue weighted by molar-refractivity contribution is -0.121. The number of hydrogen-bond acceptors (Lipinski definition) is 3. The predicted octanol–water partition coefficient (Wildman–Crippen LogP) is 3.92. The molecule has 0 fully saturated rings. The Balaban J connectivity index is 2.00. The Kier molecular flexibility index (Phi) is 5.26. The van der Waals surface area contributed by atoms with Crippen molar-refractivity contribution in [3.63, 3.8) is 0 Å². The fraction of sp³-hybridized carbons (Fsp3) is 0.381. The van der Waals surface area contributed by atoms with Crippen molar-refractivity contribution in [2.24, 2.45) is 0 Å². The van der Waals surface area contributed by atoms with Gasteiger partial charge in [0, 0.05) is 29.4 Å². The monoisotopic (exact) mass is 368 g/mol.